The maximum Gasteiger partial charge on any atom is 0.159 e. The number of aromatic nitrogens is 2. The lowest BCUT2D eigenvalue weighted by atomic mass is 10.2. The number of nitrogens with one attached hydrogen (secondary N) is 1. The number of rotatable bonds is 8. The van der Waals surface area contributed by atoms with Crippen LogP contribution in [-0.4, -0.2) is 36.8 Å². The monoisotopic (exact) mass is 287 g/mol. The van der Waals surface area contributed by atoms with E-state index in [9.17, 15) is 0 Å². The third-order valence-electron chi connectivity index (χ3n) is 2.91. The molecular formula is C16H21N3O2. The van der Waals surface area contributed by atoms with Gasteiger partial charge in [-0.1, -0.05) is 12.1 Å². The SMILES string of the molecule is CCOc1cccc(-c2nccc(CNCCOC)n2)c1. The molecule has 0 saturated carbocycles. The summed E-state index contributed by atoms with van der Waals surface area (Å²) in [5, 5.41) is 3.27. The minimum Gasteiger partial charge on any atom is -0.494 e. The molecule has 0 amide bonds. The van der Waals surface area contributed by atoms with Gasteiger partial charge in [-0.3, -0.25) is 0 Å². The number of benzene rings is 1. The van der Waals surface area contributed by atoms with Crippen LogP contribution < -0.4 is 10.1 Å². The van der Waals surface area contributed by atoms with E-state index in [1.807, 2.05) is 37.3 Å². The molecule has 0 atom stereocenters. The fraction of sp³-hybridized carbons (Fsp3) is 0.375. The maximum atomic E-state index is 5.51. The molecule has 1 heterocycles. The van der Waals surface area contributed by atoms with E-state index in [0.29, 0.717) is 25.6 Å². The Bertz CT molecular complexity index is 561. The van der Waals surface area contributed by atoms with Crippen molar-refractivity contribution in [3.8, 4) is 17.1 Å². The zero-order valence-electron chi connectivity index (χ0n) is 12.5. The highest BCUT2D eigenvalue weighted by molar-refractivity contribution is 5.57. The Morgan fingerprint density at radius 1 is 1.24 bits per heavy atom. The molecule has 0 bridgehead atoms. The van der Waals surface area contributed by atoms with Crippen LogP contribution in [0.1, 0.15) is 12.6 Å². The van der Waals surface area contributed by atoms with Crippen LogP contribution in [0, 0.1) is 0 Å². The van der Waals surface area contributed by atoms with Crippen LogP contribution in [0.3, 0.4) is 0 Å². The quantitative estimate of drug-likeness (QED) is 0.755. The highest BCUT2D eigenvalue weighted by atomic mass is 16.5. The largest absolute Gasteiger partial charge is 0.494 e. The Balaban J connectivity index is 2.07. The van der Waals surface area contributed by atoms with Crippen LogP contribution in [0.5, 0.6) is 5.75 Å². The van der Waals surface area contributed by atoms with Gasteiger partial charge in [0.15, 0.2) is 5.82 Å². The van der Waals surface area contributed by atoms with Crippen LogP contribution in [0.15, 0.2) is 36.5 Å². The van der Waals surface area contributed by atoms with Crippen molar-refractivity contribution >= 4 is 0 Å². The lowest BCUT2D eigenvalue weighted by Crippen LogP contribution is -2.19. The third kappa shape index (κ3) is 4.81. The molecule has 2 aromatic rings. The van der Waals surface area contributed by atoms with Gasteiger partial charge in [-0.25, -0.2) is 9.97 Å². The molecule has 1 aromatic heterocycles. The van der Waals surface area contributed by atoms with E-state index in [1.54, 1.807) is 13.3 Å². The smallest absolute Gasteiger partial charge is 0.159 e. The first kappa shape index (κ1) is 15.4. The Labute approximate surface area is 125 Å². The number of ether oxygens (including phenoxy) is 2. The molecule has 0 spiro atoms. The van der Waals surface area contributed by atoms with Crippen molar-refractivity contribution in [2.75, 3.05) is 26.9 Å². The summed E-state index contributed by atoms with van der Waals surface area (Å²) in [4.78, 5) is 8.91. The summed E-state index contributed by atoms with van der Waals surface area (Å²) in [5.41, 5.74) is 1.91. The average molecular weight is 287 g/mol. The summed E-state index contributed by atoms with van der Waals surface area (Å²) in [6.45, 7) is 4.80. The molecule has 0 saturated heterocycles. The molecule has 0 aliphatic carbocycles. The van der Waals surface area contributed by atoms with Gasteiger partial charge >= 0.3 is 0 Å². The van der Waals surface area contributed by atoms with Crippen molar-refractivity contribution in [3.63, 3.8) is 0 Å². The maximum absolute atomic E-state index is 5.51. The lowest BCUT2D eigenvalue weighted by Gasteiger charge is -2.07. The van der Waals surface area contributed by atoms with E-state index >= 15 is 0 Å². The molecule has 112 valence electrons. The number of hydrogen-bond donors (Lipinski definition) is 1. The molecule has 5 nitrogen and oxygen atoms in total. The highest BCUT2D eigenvalue weighted by Crippen LogP contribution is 2.20. The zero-order valence-corrected chi connectivity index (χ0v) is 12.5. The van der Waals surface area contributed by atoms with Crippen LogP contribution in [0.25, 0.3) is 11.4 Å². The van der Waals surface area contributed by atoms with Gasteiger partial charge in [-0.15, -0.1) is 0 Å². The van der Waals surface area contributed by atoms with Gasteiger partial charge in [0.1, 0.15) is 5.75 Å². The lowest BCUT2D eigenvalue weighted by molar-refractivity contribution is 0.199. The van der Waals surface area contributed by atoms with Crippen molar-refractivity contribution in [2.24, 2.45) is 0 Å². The minimum absolute atomic E-state index is 0.647. The van der Waals surface area contributed by atoms with Crippen LogP contribution in [0.4, 0.5) is 0 Å². The van der Waals surface area contributed by atoms with Gasteiger partial charge < -0.3 is 14.8 Å². The van der Waals surface area contributed by atoms with Gasteiger partial charge in [0, 0.05) is 32.0 Å². The average Bonchev–Trinajstić information content (AvgIpc) is 2.53. The van der Waals surface area contributed by atoms with Gasteiger partial charge in [0.25, 0.3) is 0 Å². The molecular weight excluding hydrogens is 266 g/mol. The fourth-order valence-corrected chi connectivity index (χ4v) is 1.92. The van der Waals surface area contributed by atoms with Crippen molar-refractivity contribution in [1.29, 1.82) is 0 Å². The normalized spacial score (nSPS) is 10.6. The summed E-state index contributed by atoms with van der Waals surface area (Å²) in [5.74, 6) is 1.55. The van der Waals surface area contributed by atoms with Crippen LogP contribution >= 0.6 is 0 Å². The Morgan fingerprint density at radius 2 is 2.14 bits per heavy atom. The standard InChI is InChI=1S/C16H21N3O2/c1-3-21-15-6-4-5-13(11-15)16-18-8-7-14(19-16)12-17-9-10-20-2/h4-8,11,17H,3,9-10,12H2,1-2H3. The predicted molar refractivity (Wildman–Crippen MR) is 82.2 cm³/mol. The predicted octanol–water partition coefficient (Wildman–Crippen LogP) is 2.28. The van der Waals surface area contributed by atoms with E-state index in [-0.39, 0.29) is 0 Å². The van der Waals surface area contributed by atoms with E-state index < -0.39 is 0 Å². The summed E-state index contributed by atoms with van der Waals surface area (Å²) in [7, 11) is 1.69. The summed E-state index contributed by atoms with van der Waals surface area (Å²) >= 11 is 0. The molecule has 0 aliphatic heterocycles. The molecule has 1 aromatic carbocycles. The van der Waals surface area contributed by atoms with Crippen LogP contribution in [-0.2, 0) is 11.3 Å². The van der Waals surface area contributed by atoms with E-state index in [0.717, 1.165) is 23.6 Å². The summed E-state index contributed by atoms with van der Waals surface area (Å²) in [6.07, 6.45) is 1.78. The highest BCUT2D eigenvalue weighted by Gasteiger charge is 2.04. The summed E-state index contributed by atoms with van der Waals surface area (Å²) in [6, 6.07) is 9.74. The van der Waals surface area contributed by atoms with Crippen molar-refractivity contribution in [2.45, 2.75) is 13.5 Å². The Morgan fingerprint density at radius 3 is 2.95 bits per heavy atom. The van der Waals surface area contributed by atoms with Crippen molar-refractivity contribution in [1.82, 2.24) is 15.3 Å². The van der Waals surface area contributed by atoms with Crippen LogP contribution in [0.2, 0.25) is 0 Å². The zero-order chi connectivity index (χ0) is 14.9. The van der Waals surface area contributed by atoms with Crippen molar-refractivity contribution < 1.29 is 9.47 Å². The van der Waals surface area contributed by atoms with Crippen molar-refractivity contribution in [3.05, 3.63) is 42.2 Å². The fourth-order valence-electron chi connectivity index (χ4n) is 1.92. The molecule has 0 aliphatic rings. The Kier molecular flexibility index (Phi) is 6.12. The minimum atomic E-state index is 0.647. The molecule has 1 N–H and O–H groups in total. The number of methoxy groups -OCH3 is 1. The summed E-state index contributed by atoms with van der Waals surface area (Å²) < 4.78 is 10.5. The molecule has 0 fully saturated rings. The first-order chi connectivity index (χ1) is 10.3. The van der Waals surface area contributed by atoms with E-state index in [1.165, 1.54) is 0 Å². The molecule has 2 rings (SSSR count). The van der Waals surface area contributed by atoms with E-state index in [4.69, 9.17) is 9.47 Å². The second-order valence-corrected chi connectivity index (χ2v) is 4.50. The first-order valence-corrected chi connectivity index (χ1v) is 7.08. The van der Waals surface area contributed by atoms with Gasteiger partial charge in [0.2, 0.25) is 0 Å². The van der Waals surface area contributed by atoms with E-state index in [2.05, 4.69) is 15.3 Å². The third-order valence-corrected chi connectivity index (χ3v) is 2.91. The second-order valence-electron chi connectivity index (χ2n) is 4.50. The number of nitrogens with zero attached hydrogens (tertiary/aromatic N) is 2. The topological polar surface area (TPSA) is 56.3 Å². The molecule has 0 radical (unpaired) electrons. The first-order valence-electron chi connectivity index (χ1n) is 7.08. The van der Waals surface area contributed by atoms with Gasteiger partial charge in [-0.05, 0) is 25.1 Å². The Hall–Kier alpha value is -1.98. The molecule has 21 heavy (non-hydrogen) atoms. The molecule has 5 heteroatoms. The number of hydrogen-bond acceptors (Lipinski definition) is 5. The van der Waals surface area contributed by atoms with Gasteiger partial charge in [0.05, 0.1) is 18.9 Å². The second kappa shape index (κ2) is 8.34. The van der Waals surface area contributed by atoms with Gasteiger partial charge in [-0.2, -0.15) is 0 Å². The molecule has 0 unspecified atom stereocenters.